The first-order valence-corrected chi connectivity index (χ1v) is 6.69. The molecule has 1 aliphatic rings. The standard InChI is InChI=1S/C16H18N2O/c1-11-4-3-5-14-16(11)13(10-17-14)8-9-18-12(2)6-7-15(18)19/h3-6,10,17H,7-9H2,1-2H3. The van der Waals surface area contributed by atoms with Gasteiger partial charge in [0.05, 0.1) is 0 Å². The van der Waals surface area contributed by atoms with Gasteiger partial charge in [0.2, 0.25) is 5.91 Å². The molecule has 0 unspecified atom stereocenters. The van der Waals surface area contributed by atoms with E-state index in [0.29, 0.717) is 6.42 Å². The maximum Gasteiger partial charge on any atom is 0.230 e. The molecule has 0 saturated heterocycles. The molecule has 0 atom stereocenters. The number of hydrogen-bond donors (Lipinski definition) is 1. The van der Waals surface area contributed by atoms with Gasteiger partial charge in [-0.05, 0) is 37.5 Å². The molecule has 19 heavy (non-hydrogen) atoms. The van der Waals surface area contributed by atoms with E-state index in [4.69, 9.17) is 0 Å². The van der Waals surface area contributed by atoms with E-state index in [1.54, 1.807) is 0 Å². The molecule has 0 spiro atoms. The Kier molecular flexibility index (Phi) is 2.90. The molecule has 1 aromatic heterocycles. The number of H-pyrrole nitrogens is 1. The molecule has 3 rings (SSSR count). The summed E-state index contributed by atoms with van der Waals surface area (Å²) in [6.45, 7) is 4.90. The van der Waals surface area contributed by atoms with Crippen molar-refractivity contribution in [2.45, 2.75) is 26.7 Å². The Hall–Kier alpha value is -2.03. The van der Waals surface area contributed by atoms with Gasteiger partial charge in [-0.25, -0.2) is 0 Å². The predicted octanol–water partition coefficient (Wildman–Crippen LogP) is 3.15. The molecule has 1 N–H and O–H groups in total. The highest BCUT2D eigenvalue weighted by Crippen LogP contribution is 2.24. The zero-order valence-corrected chi connectivity index (χ0v) is 11.4. The van der Waals surface area contributed by atoms with Gasteiger partial charge in [0.25, 0.3) is 0 Å². The van der Waals surface area contributed by atoms with Crippen LogP contribution in [0.5, 0.6) is 0 Å². The fourth-order valence-electron chi connectivity index (χ4n) is 2.83. The SMILES string of the molecule is CC1=CCC(=O)N1CCc1c[nH]c2cccc(C)c12. The van der Waals surface area contributed by atoms with Gasteiger partial charge in [-0.1, -0.05) is 18.2 Å². The zero-order valence-electron chi connectivity index (χ0n) is 11.4. The van der Waals surface area contributed by atoms with Gasteiger partial charge in [0, 0.05) is 35.8 Å². The minimum atomic E-state index is 0.217. The Bertz CT molecular complexity index is 666. The summed E-state index contributed by atoms with van der Waals surface area (Å²) in [5.41, 5.74) is 4.84. The van der Waals surface area contributed by atoms with Crippen molar-refractivity contribution in [3.63, 3.8) is 0 Å². The topological polar surface area (TPSA) is 36.1 Å². The monoisotopic (exact) mass is 254 g/mol. The van der Waals surface area contributed by atoms with Crippen LogP contribution >= 0.6 is 0 Å². The summed E-state index contributed by atoms with van der Waals surface area (Å²) in [5.74, 6) is 0.217. The van der Waals surface area contributed by atoms with Crippen molar-refractivity contribution < 1.29 is 4.79 Å². The van der Waals surface area contributed by atoms with Crippen LogP contribution < -0.4 is 0 Å². The molecule has 1 aromatic carbocycles. The fraction of sp³-hybridized carbons (Fsp3) is 0.312. The number of carbonyl (C=O) groups excluding carboxylic acids is 1. The molecule has 3 heteroatoms. The Morgan fingerprint density at radius 3 is 2.89 bits per heavy atom. The lowest BCUT2D eigenvalue weighted by atomic mass is 10.1. The van der Waals surface area contributed by atoms with Crippen LogP contribution in [0.4, 0.5) is 0 Å². The molecule has 0 fully saturated rings. The molecule has 0 aliphatic carbocycles. The number of hydrogen-bond acceptors (Lipinski definition) is 1. The van der Waals surface area contributed by atoms with Crippen LogP contribution in [-0.2, 0) is 11.2 Å². The first-order chi connectivity index (χ1) is 9.16. The van der Waals surface area contributed by atoms with E-state index in [-0.39, 0.29) is 5.91 Å². The Morgan fingerprint density at radius 2 is 2.16 bits per heavy atom. The quantitative estimate of drug-likeness (QED) is 0.897. The van der Waals surface area contributed by atoms with Crippen LogP contribution in [0.25, 0.3) is 10.9 Å². The number of aryl methyl sites for hydroxylation is 1. The van der Waals surface area contributed by atoms with E-state index in [0.717, 1.165) is 18.7 Å². The molecule has 0 radical (unpaired) electrons. The van der Waals surface area contributed by atoms with Crippen molar-refractivity contribution in [1.82, 2.24) is 9.88 Å². The van der Waals surface area contributed by atoms with Gasteiger partial charge in [0.1, 0.15) is 0 Å². The number of aromatic nitrogens is 1. The van der Waals surface area contributed by atoms with E-state index in [2.05, 4.69) is 36.3 Å². The fourth-order valence-corrected chi connectivity index (χ4v) is 2.83. The highest BCUT2D eigenvalue weighted by Gasteiger charge is 2.20. The van der Waals surface area contributed by atoms with E-state index in [1.807, 2.05) is 17.9 Å². The smallest absolute Gasteiger partial charge is 0.230 e. The van der Waals surface area contributed by atoms with Crippen LogP contribution in [0.2, 0.25) is 0 Å². The molecule has 3 nitrogen and oxygen atoms in total. The minimum Gasteiger partial charge on any atom is -0.361 e. The third kappa shape index (κ3) is 2.05. The summed E-state index contributed by atoms with van der Waals surface area (Å²) in [6, 6.07) is 6.29. The lowest BCUT2D eigenvalue weighted by Crippen LogP contribution is -2.26. The van der Waals surface area contributed by atoms with Crippen molar-refractivity contribution in [3.8, 4) is 0 Å². The molecule has 2 heterocycles. The Labute approximate surface area is 112 Å². The molecule has 0 saturated carbocycles. The van der Waals surface area contributed by atoms with Crippen molar-refractivity contribution in [1.29, 1.82) is 0 Å². The maximum absolute atomic E-state index is 11.7. The predicted molar refractivity (Wildman–Crippen MR) is 76.8 cm³/mol. The van der Waals surface area contributed by atoms with Crippen molar-refractivity contribution in [2.24, 2.45) is 0 Å². The molecule has 1 aliphatic heterocycles. The second-order valence-corrected chi connectivity index (χ2v) is 5.16. The number of fused-ring (bicyclic) bond motifs is 1. The number of carbonyl (C=O) groups is 1. The number of rotatable bonds is 3. The number of nitrogens with one attached hydrogen (secondary N) is 1. The molecule has 2 aromatic rings. The van der Waals surface area contributed by atoms with Gasteiger partial charge in [0.15, 0.2) is 0 Å². The average molecular weight is 254 g/mol. The van der Waals surface area contributed by atoms with Gasteiger partial charge in [-0.3, -0.25) is 4.79 Å². The first kappa shape index (κ1) is 12.0. The van der Waals surface area contributed by atoms with Gasteiger partial charge >= 0.3 is 0 Å². The second-order valence-electron chi connectivity index (χ2n) is 5.16. The van der Waals surface area contributed by atoms with E-state index in [9.17, 15) is 4.79 Å². The number of nitrogens with zero attached hydrogens (tertiary/aromatic N) is 1. The number of allylic oxidation sites excluding steroid dienone is 1. The van der Waals surface area contributed by atoms with E-state index >= 15 is 0 Å². The lowest BCUT2D eigenvalue weighted by Gasteiger charge is -2.17. The van der Waals surface area contributed by atoms with Gasteiger partial charge < -0.3 is 9.88 Å². The number of benzene rings is 1. The Morgan fingerprint density at radius 1 is 1.32 bits per heavy atom. The summed E-state index contributed by atoms with van der Waals surface area (Å²) in [5, 5.41) is 1.30. The van der Waals surface area contributed by atoms with Crippen LogP contribution in [0.3, 0.4) is 0 Å². The summed E-state index contributed by atoms with van der Waals surface area (Å²) in [6.07, 6.45) is 5.51. The highest BCUT2D eigenvalue weighted by atomic mass is 16.2. The summed E-state index contributed by atoms with van der Waals surface area (Å²) in [4.78, 5) is 16.9. The molecule has 1 amide bonds. The van der Waals surface area contributed by atoms with Crippen LogP contribution in [-0.4, -0.2) is 22.3 Å². The van der Waals surface area contributed by atoms with Crippen molar-refractivity contribution >= 4 is 16.8 Å². The minimum absolute atomic E-state index is 0.217. The lowest BCUT2D eigenvalue weighted by molar-refractivity contribution is -0.127. The molecular formula is C16H18N2O. The maximum atomic E-state index is 11.7. The zero-order chi connectivity index (χ0) is 13.4. The first-order valence-electron chi connectivity index (χ1n) is 6.69. The summed E-state index contributed by atoms with van der Waals surface area (Å²) in [7, 11) is 0. The second kappa shape index (κ2) is 4.57. The summed E-state index contributed by atoms with van der Waals surface area (Å²) >= 11 is 0. The van der Waals surface area contributed by atoms with Crippen LogP contribution in [0.15, 0.2) is 36.2 Å². The number of amides is 1. The molecule has 98 valence electrons. The molecule has 0 bridgehead atoms. The van der Waals surface area contributed by atoms with Crippen molar-refractivity contribution in [3.05, 3.63) is 47.3 Å². The average Bonchev–Trinajstić information content (AvgIpc) is 2.93. The third-order valence-corrected chi connectivity index (χ3v) is 3.90. The normalized spacial score (nSPS) is 15.4. The van der Waals surface area contributed by atoms with Crippen LogP contribution in [0, 0.1) is 6.92 Å². The van der Waals surface area contributed by atoms with Gasteiger partial charge in [-0.15, -0.1) is 0 Å². The third-order valence-electron chi connectivity index (χ3n) is 3.90. The van der Waals surface area contributed by atoms with E-state index < -0.39 is 0 Å². The van der Waals surface area contributed by atoms with Crippen LogP contribution in [0.1, 0.15) is 24.5 Å². The molecular weight excluding hydrogens is 236 g/mol. The van der Waals surface area contributed by atoms with E-state index in [1.165, 1.54) is 22.0 Å². The van der Waals surface area contributed by atoms with Crippen molar-refractivity contribution in [2.75, 3.05) is 6.54 Å². The number of aromatic amines is 1. The largest absolute Gasteiger partial charge is 0.361 e. The summed E-state index contributed by atoms with van der Waals surface area (Å²) < 4.78 is 0. The van der Waals surface area contributed by atoms with Gasteiger partial charge in [-0.2, -0.15) is 0 Å². The Balaban J connectivity index is 1.83. The highest BCUT2D eigenvalue weighted by molar-refractivity contribution is 5.86.